The molecule has 1 aliphatic carbocycles. The fourth-order valence-corrected chi connectivity index (χ4v) is 3.80. The zero-order valence-corrected chi connectivity index (χ0v) is 17.7. The molecule has 2 atom stereocenters. The number of hydrogen-bond acceptors (Lipinski definition) is 4. The van der Waals surface area contributed by atoms with Crippen molar-refractivity contribution in [1.82, 2.24) is 30.5 Å². The molecule has 158 valence electrons. The summed E-state index contributed by atoms with van der Waals surface area (Å²) in [6, 6.07) is 6.32. The molecule has 0 radical (unpaired) electrons. The van der Waals surface area contributed by atoms with Crippen molar-refractivity contribution in [2.24, 2.45) is 10.9 Å². The second-order valence-corrected chi connectivity index (χ2v) is 7.92. The van der Waals surface area contributed by atoms with E-state index < -0.39 is 0 Å². The second-order valence-electron chi connectivity index (χ2n) is 7.92. The van der Waals surface area contributed by atoms with Crippen LogP contribution in [0.15, 0.2) is 29.4 Å². The van der Waals surface area contributed by atoms with Crippen LogP contribution in [0.5, 0.6) is 0 Å². The van der Waals surface area contributed by atoms with Crippen LogP contribution in [0.25, 0.3) is 5.65 Å². The highest BCUT2D eigenvalue weighted by Crippen LogP contribution is 2.24. The molecule has 8 nitrogen and oxygen atoms in total. The highest BCUT2D eigenvalue weighted by atomic mass is 16.1. The molecule has 0 saturated heterocycles. The Balaban J connectivity index is 1.56. The number of pyridine rings is 1. The molecule has 2 aromatic rings. The van der Waals surface area contributed by atoms with Crippen molar-refractivity contribution < 1.29 is 4.79 Å². The minimum absolute atomic E-state index is 0.0777. The van der Waals surface area contributed by atoms with Gasteiger partial charge in [0.15, 0.2) is 11.6 Å². The molecule has 3 N–H and O–H groups in total. The van der Waals surface area contributed by atoms with Gasteiger partial charge >= 0.3 is 0 Å². The van der Waals surface area contributed by atoms with E-state index in [0.717, 1.165) is 49.7 Å². The number of rotatable bonds is 7. The first-order valence-corrected chi connectivity index (χ1v) is 10.7. The van der Waals surface area contributed by atoms with E-state index in [9.17, 15) is 4.79 Å². The van der Waals surface area contributed by atoms with Crippen molar-refractivity contribution in [1.29, 1.82) is 0 Å². The first-order chi connectivity index (χ1) is 14.1. The second kappa shape index (κ2) is 10.2. The molecule has 0 bridgehead atoms. The number of carbonyl (C=O) groups excluding carboxylic acids is 1. The van der Waals surface area contributed by atoms with Gasteiger partial charge in [0, 0.05) is 43.7 Å². The summed E-state index contributed by atoms with van der Waals surface area (Å²) in [6.07, 6.45) is 6.61. The van der Waals surface area contributed by atoms with E-state index in [2.05, 4.69) is 33.1 Å². The third-order valence-corrected chi connectivity index (χ3v) is 5.15. The lowest BCUT2D eigenvalue weighted by Crippen LogP contribution is -2.47. The standard InChI is InChI=1S/C21H33N7O/c1-4-22-21(23-12-11-19-27-26-18-10-5-6-13-28(18)19)25-17-9-7-8-16(14-17)20(29)24-15(2)3/h5-6,10,13,15-17H,4,7-9,11-12,14H2,1-3H3,(H,24,29)(H2,22,23,25). The third kappa shape index (κ3) is 5.92. The largest absolute Gasteiger partial charge is 0.357 e. The van der Waals surface area contributed by atoms with Gasteiger partial charge in [-0.25, -0.2) is 0 Å². The average molecular weight is 400 g/mol. The van der Waals surface area contributed by atoms with Crippen LogP contribution in [-0.4, -0.2) is 51.6 Å². The average Bonchev–Trinajstić information content (AvgIpc) is 3.11. The molecule has 1 fully saturated rings. The van der Waals surface area contributed by atoms with Gasteiger partial charge in [0.05, 0.1) is 0 Å². The lowest BCUT2D eigenvalue weighted by molar-refractivity contribution is -0.126. The maximum absolute atomic E-state index is 12.4. The molecular formula is C21H33N7O. The summed E-state index contributed by atoms with van der Waals surface area (Å²) in [6.45, 7) is 7.48. The lowest BCUT2D eigenvalue weighted by Gasteiger charge is -2.30. The summed E-state index contributed by atoms with van der Waals surface area (Å²) in [7, 11) is 0. The van der Waals surface area contributed by atoms with Crippen molar-refractivity contribution in [3.8, 4) is 0 Å². The molecule has 1 saturated carbocycles. The molecular weight excluding hydrogens is 366 g/mol. The molecule has 1 amide bonds. The van der Waals surface area contributed by atoms with E-state index >= 15 is 0 Å². The normalized spacial score (nSPS) is 20.1. The summed E-state index contributed by atoms with van der Waals surface area (Å²) < 4.78 is 1.99. The Bertz CT molecular complexity index is 829. The number of nitrogens with zero attached hydrogens (tertiary/aromatic N) is 4. The highest BCUT2D eigenvalue weighted by Gasteiger charge is 2.28. The fraction of sp³-hybridized carbons (Fsp3) is 0.619. The van der Waals surface area contributed by atoms with E-state index in [1.165, 1.54) is 0 Å². The molecule has 8 heteroatoms. The first kappa shape index (κ1) is 21.1. The van der Waals surface area contributed by atoms with Gasteiger partial charge in [-0.05, 0) is 52.2 Å². The van der Waals surface area contributed by atoms with Gasteiger partial charge in [0.25, 0.3) is 0 Å². The molecule has 0 aromatic carbocycles. The number of fused-ring (bicyclic) bond motifs is 1. The summed E-state index contributed by atoms with van der Waals surface area (Å²) in [5.74, 6) is 1.96. The van der Waals surface area contributed by atoms with Crippen molar-refractivity contribution in [2.45, 2.75) is 65.0 Å². The smallest absolute Gasteiger partial charge is 0.223 e. The number of nitrogens with one attached hydrogen (secondary N) is 3. The van der Waals surface area contributed by atoms with E-state index in [4.69, 9.17) is 4.99 Å². The minimum Gasteiger partial charge on any atom is -0.357 e. The topological polar surface area (TPSA) is 95.7 Å². The molecule has 0 aliphatic heterocycles. The van der Waals surface area contributed by atoms with E-state index in [1.54, 1.807) is 0 Å². The number of guanidine groups is 1. The van der Waals surface area contributed by atoms with Crippen molar-refractivity contribution in [3.05, 3.63) is 30.2 Å². The van der Waals surface area contributed by atoms with Crippen LogP contribution in [0.1, 0.15) is 52.3 Å². The van der Waals surface area contributed by atoms with E-state index in [1.807, 2.05) is 42.6 Å². The van der Waals surface area contributed by atoms with Crippen LogP contribution in [0.2, 0.25) is 0 Å². The number of carbonyl (C=O) groups is 1. The van der Waals surface area contributed by atoms with Gasteiger partial charge in [0.2, 0.25) is 5.91 Å². The van der Waals surface area contributed by atoms with Crippen LogP contribution in [-0.2, 0) is 11.2 Å². The van der Waals surface area contributed by atoms with Gasteiger partial charge < -0.3 is 16.0 Å². The van der Waals surface area contributed by atoms with E-state index in [-0.39, 0.29) is 23.9 Å². The number of amides is 1. The van der Waals surface area contributed by atoms with Crippen LogP contribution >= 0.6 is 0 Å². The summed E-state index contributed by atoms with van der Waals surface area (Å²) in [5, 5.41) is 18.3. The number of aliphatic imine (C=N–C) groups is 1. The van der Waals surface area contributed by atoms with Crippen molar-refractivity contribution >= 4 is 17.5 Å². The summed E-state index contributed by atoms with van der Waals surface area (Å²) in [4.78, 5) is 17.1. The maximum Gasteiger partial charge on any atom is 0.223 e. The predicted molar refractivity (Wildman–Crippen MR) is 115 cm³/mol. The molecule has 29 heavy (non-hydrogen) atoms. The van der Waals surface area contributed by atoms with Crippen LogP contribution in [0.4, 0.5) is 0 Å². The summed E-state index contributed by atoms with van der Waals surface area (Å²) >= 11 is 0. The van der Waals surface area contributed by atoms with Crippen molar-refractivity contribution in [3.63, 3.8) is 0 Å². The van der Waals surface area contributed by atoms with Crippen molar-refractivity contribution in [2.75, 3.05) is 13.1 Å². The molecule has 2 unspecified atom stereocenters. The molecule has 3 rings (SSSR count). The quantitative estimate of drug-likeness (QED) is 0.488. The molecule has 0 spiro atoms. The fourth-order valence-electron chi connectivity index (χ4n) is 3.80. The van der Waals surface area contributed by atoms with Gasteiger partial charge in [0.1, 0.15) is 5.82 Å². The zero-order chi connectivity index (χ0) is 20.6. The Kier molecular flexibility index (Phi) is 7.43. The maximum atomic E-state index is 12.4. The molecule has 1 aliphatic rings. The van der Waals surface area contributed by atoms with Crippen LogP contribution < -0.4 is 16.0 Å². The number of aromatic nitrogens is 3. The predicted octanol–water partition coefficient (Wildman–Crippen LogP) is 1.91. The monoisotopic (exact) mass is 399 g/mol. The summed E-state index contributed by atoms with van der Waals surface area (Å²) in [5.41, 5.74) is 0.851. The Morgan fingerprint density at radius 1 is 1.31 bits per heavy atom. The van der Waals surface area contributed by atoms with Gasteiger partial charge in [-0.15, -0.1) is 10.2 Å². The number of hydrogen-bond donors (Lipinski definition) is 3. The van der Waals surface area contributed by atoms with Crippen LogP contribution in [0.3, 0.4) is 0 Å². The lowest BCUT2D eigenvalue weighted by atomic mass is 9.85. The Labute approximate surface area is 172 Å². The van der Waals surface area contributed by atoms with E-state index in [0.29, 0.717) is 13.0 Å². The van der Waals surface area contributed by atoms with Gasteiger partial charge in [-0.1, -0.05) is 12.5 Å². The Morgan fingerprint density at radius 3 is 2.97 bits per heavy atom. The van der Waals surface area contributed by atoms with Crippen LogP contribution in [0, 0.1) is 5.92 Å². The Hall–Kier alpha value is -2.64. The highest BCUT2D eigenvalue weighted by molar-refractivity contribution is 5.81. The zero-order valence-electron chi connectivity index (χ0n) is 17.7. The Morgan fingerprint density at radius 2 is 2.17 bits per heavy atom. The van der Waals surface area contributed by atoms with Gasteiger partial charge in [-0.2, -0.15) is 0 Å². The minimum atomic E-state index is 0.0777. The molecule has 2 aromatic heterocycles. The molecule has 2 heterocycles. The van der Waals surface area contributed by atoms with Gasteiger partial charge in [-0.3, -0.25) is 14.2 Å². The first-order valence-electron chi connectivity index (χ1n) is 10.7. The SMILES string of the molecule is CCNC(=NCCc1nnc2ccccn12)NC1CCCC(C(=O)NC(C)C)C1. The third-order valence-electron chi connectivity index (χ3n) is 5.15.